The van der Waals surface area contributed by atoms with E-state index in [-0.39, 0.29) is 16.9 Å². The van der Waals surface area contributed by atoms with Gasteiger partial charge in [0.05, 0.1) is 5.97 Å². The molecule has 3 heteroatoms. The Hall–Kier alpha value is -2.42. The number of carboxylic acids is 1. The quantitative estimate of drug-likeness (QED) is 0.645. The van der Waals surface area contributed by atoms with Crippen LogP contribution in [0.1, 0.15) is 31.8 Å². The van der Waals surface area contributed by atoms with Crippen molar-refractivity contribution in [2.75, 3.05) is 0 Å². The average molecular weight is 237 g/mol. The summed E-state index contributed by atoms with van der Waals surface area (Å²) in [7, 11) is 0. The smallest absolute Gasteiger partial charge is 0.194 e. The van der Waals surface area contributed by atoms with E-state index in [0.717, 1.165) is 11.1 Å². The van der Waals surface area contributed by atoms with Crippen LogP contribution in [0.5, 0.6) is 0 Å². The molecule has 18 heavy (non-hydrogen) atoms. The Morgan fingerprint density at radius 2 is 1.83 bits per heavy atom. The standard InChI is InChI=1S/C15H10O3/c1-8-5-6-9-10-3-2-4-11(15(17)18)13(10)14(16)12(9)7-8/h2-7H,1H3,(H,17,18)/p-1. The first-order chi connectivity index (χ1) is 8.59. The molecule has 0 amide bonds. The number of hydrogen-bond donors (Lipinski definition) is 0. The van der Waals surface area contributed by atoms with Crippen LogP contribution in [0.3, 0.4) is 0 Å². The third-order valence-electron chi connectivity index (χ3n) is 3.22. The summed E-state index contributed by atoms with van der Waals surface area (Å²) < 4.78 is 0. The Balaban J connectivity index is 2.36. The highest BCUT2D eigenvalue weighted by atomic mass is 16.4. The summed E-state index contributed by atoms with van der Waals surface area (Å²) in [6.45, 7) is 1.90. The van der Waals surface area contributed by atoms with E-state index in [2.05, 4.69) is 0 Å². The van der Waals surface area contributed by atoms with Gasteiger partial charge in [0.1, 0.15) is 0 Å². The number of ketones is 1. The van der Waals surface area contributed by atoms with Crippen molar-refractivity contribution in [1.82, 2.24) is 0 Å². The minimum Gasteiger partial charge on any atom is -0.545 e. The van der Waals surface area contributed by atoms with Crippen molar-refractivity contribution in [3.05, 3.63) is 58.7 Å². The van der Waals surface area contributed by atoms with Crippen LogP contribution in [0.2, 0.25) is 0 Å². The first kappa shape index (κ1) is 10.7. The number of aromatic carboxylic acids is 1. The first-order valence-electron chi connectivity index (χ1n) is 5.59. The van der Waals surface area contributed by atoms with Crippen LogP contribution >= 0.6 is 0 Å². The number of carbonyl (C=O) groups excluding carboxylic acids is 2. The van der Waals surface area contributed by atoms with Gasteiger partial charge in [0.25, 0.3) is 0 Å². The molecule has 0 saturated carbocycles. The van der Waals surface area contributed by atoms with Crippen molar-refractivity contribution >= 4 is 11.8 Å². The number of fused-ring (bicyclic) bond motifs is 3. The number of aryl methyl sites for hydroxylation is 1. The summed E-state index contributed by atoms with van der Waals surface area (Å²) >= 11 is 0. The second kappa shape index (κ2) is 3.53. The Morgan fingerprint density at radius 1 is 1.06 bits per heavy atom. The van der Waals surface area contributed by atoms with Gasteiger partial charge in [-0.1, -0.05) is 35.9 Å². The molecule has 0 unspecified atom stereocenters. The first-order valence-corrected chi connectivity index (χ1v) is 5.59. The second-order valence-corrected chi connectivity index (χ2v) is 4.39. The van der Waals surface area contributed by atoms with Crippen LogP contribution in [0.25, 0.3) is 11.1 Å². The van der Waals surface area contributed by atoms with Gasteiger partial charge in [-0.3, -0.25) is 4.79 Å². The minimum absolute atomic E-state index is 0.0358. The van der Waals surface area contributed by atoms with E-state index in [1.165, 1.54) is 6.07 Å². The number of carboxylic acid groups (broad SMARTS) is 1. The van der Waals surface area contributed by atoms with E-state index < -0.39 is 5.97 Å². The molecule has 0 aliphatic heterocycles. The fraction of sp³-hybridized carbons (Fsp3) is 0.0667. The van der Waals surface area contributed by atoms with Gasteiger partial charge in [-0.2, -0.15) is 0 Å². The van der Waals surface area contributed by atoms with Crippen molar-refractivity contribution in [3.63, 3.8) is 0 Å². The molecular formula is C15H9O3-. The van der Waals surface area contributed by atoms with Crippen LogP contribution in [-0.4, -0.2) is 11.8 Å². The van der Waals surface area contributed by atoms with E-state index in [9.17, 15) is 14.7 Å². The molecule has 88 valence electrons. The van der Waals surface area contributed by atoms with E-state index in [1.807, 2.05) is 19.1 Å². The predicted molar refractivity (Wildman–Crippen MR) is 64.4 cm³/mol. The van der Waals surface area contributed by atoms with Crippen molar-refractivity contribution in [1.29, 1.82) is 0 Å². The maximum Gasteiger partial charge on any atom is 0.194 e. The lowest BCUT2D eigenvalue weighted by atomic mass is 10.0. The molecule has 0 atom stereocenters. The van der Waals surface area contributed by atoms with E-state index in [1.54, 1.807) is 18.2 Å². The monoisotopic (exact) mass is 237 g/mol. The van der Waals surface area contributed by atoms with E-state index in [4.69, 9.17) is 0 Å². The zero-order valence-corrected chi connectivity index (χ0v) is 9.69. The third kappa shape index (κ3) is 1.31. The summed E-state index contributed by atoms with van der Waals surface area (Å²) in [5.41, 5.74) is 3.23. The lowest BCUT2D eigenvalue weighted by Gasteiger charge is -2.07. The SMILES string of the molecule is Cc1ccc2c(c1)C(=O)c1c(C(=O)[O-])cccc1-2. The van der Waals surface area contributed by atoms with E-state index in [0.29, 0.717) is 11.1 Å². The molecule has 3 nitrogen and oxygen atoms in total. The molecule has 1 aliphatic rings. The normalized spacial score (nSPS) is 12.2. The molecule has 0 N–H and O–H groups in total. The number of carbonyl (C=O) groups is 2. The highest BCUT2D eigenvalue weighted by Gasteiger charge is 2.29. The number of rotatable bonds is 1. The van der Waals surface area contributed by atoms with Crippen LogP contribution in [0.4, 0.5) is 0 Å². The van der Waals surface area contributed by atoms with Gasteiger partial charge in [0, 0.05) is 16.7 Å². The summed E-state index contributed by atoms with van der Waals surface area (Å²) in [5.74, 6) is -1.55. The highest BCUT2D eigenvalue weighted by molar-refractivity contribution is 6.25. The molecule has 0 aromatic heterocycles. The Bertz CT molecular complexity index is 699. The average Bonchev–Trinajstić information content (AvgIpc) is 2.63. The summed E-state index contributed by atoms with van der Waals surface area (Å²) in [6, 6.07) is 10.4. The van der Waals surface area contributed by atoms with Gasteiger partial charge >= 0.3 is 0 Å². The molecule has 0 saturated heterocycles. The van der Waals surface area contributed by atoms with E-state index >= 15 is 0 Å². The second-order valence-electron chi connectivity index (χ2n) is 4.39. The summed E-state index contributed by atoms with van der Waals surface area (Å²) in [4.78, 5) is 23.3. The van der Waals surface area contributed by atoms with Crippen molar-refractivity contribution < 1.29 is 14.7 Å². The maximum absolute atomic E-state index is 12.3. The Morgan fingerprint density at radius 3 is 2.56 bits per heavy atom. The van der Waals surface area contributed by atoms with Gasteiger partial charge < -0.3 is 9.90 Å². The molecule has 0 bridgehead atoms. The topological polar surface area (TPSA) is 57.2 Å². The van der Waals surface area contributed by atoms with Crippen LogP contribution in [-0.2, 0) is 0 Å². The van der Waals surface area contributed by atoms with Crippen molar-refractivity contribution in [3.8, 4) is 11.1 Å². The molecule has 0 spiro atoms. The summed E-state index contributed by atoms with van der Waals surface area (Å²) in [6.07, 6.45) is 0. The van der Waals surface area contributed by atoms with Gasteiger partial charge in [0.2, 0.25) is 0 Å². The lowest BCUT2D eigenvalue weighted by molar-refractivity contribution is -0.255. The molecule has 0 fully saturated rings. The van der Waals surface area contributed by atoms with Crippen molar-refractivity contribution in [2.24, 2.45) is 0 Å². The molecule has 0 radical (unpaired) electrons. The molecule has 2 aromatic carbocycles. The predicted octanol–water partition coefficient (Wildman–Crippen LogP) is 1.57. The van der Waals surface area contributed by atoms with Crippen LogP contribution in [0.15, 0.2) is 36.4 Å². The van der Waals surface area contributed by atoms with Crippen LogP contribution < -0.4 is 5.11 Å². The fourth-order valence-corrected chi connectivity index (χ4v) is 2.41. The largest absolute Gasteiger partial charge is 0.545 e. The molecule has 0 heterocycles. The lowest BCUT2D eigenvalue weighted by Crippen LogP contribution is -2.24. The zero-order valence-electron chi connectivity index (χ0n) is 9.69. The molecule has 1 aliphatic carbocycles. The van der Waals surface area contributed by atoms with Gasteiger partial charge in [0.15, 0.2) is 5.78 Å². The number of hydrogen-bond acceptors (Lipinski definition) is 3. The van der Waals surface area contributed by atoms with Gasteiger partial charge in [-0.05, 0) is 24.1 Å². The van der Waals surface area contributed by atoms with Crippen LogP contribution in [0, 0.1) is 6.92 Å². The minimum atomic E-state index is -1.32. The van der Waals surface area contributed by atoms with Gasteiger partial charge in [-0.15, -0.1) is 0 Å². The fourth-order valence-electron chi connectivity index (χ4n) is 2.41. The Kier molecular flexibility index (Phi) is 2.10. The maximum atomic E-state index is 12.3. The molecule has 3 rings (SSSR count). The zero-order chi connectivity index (χ0) is 12.9. The molecular weight excluding hydrogens is 228 g/mol. The van der Waals surface area contributed by atoms with Gasteiger partial charge in [-0.25, -0.2) is 0 Å². The third-order valence-corrected chi connectivity index (χ3v) is 3.22. The Labute approximate surface area is 104 Å². The summed E-state index contributed by atoms with van der Waals surface area (Å²) in [5, 5.41) is 11.1. The number of benzene rings is 2. The highest BCUT2D eigenvalue weighted by Crippen LogP contribution is 2.38. The molecule has 2 aromatic rings. The van der Waals surface area contributed by atoms with Crippen molar-refractivity contribution in [2.45, 2.75) is 6.92 Å².